The van der Waals surface area contributed by atoms with Crippen LogP contribution in [0.1, 0.15) is 12.0 Å². The van der Waals surface area contributed by atoms with Crippen molar-refractivity contribution in [2.75, 3.05) is 13.7 Å². The van der Waals surface area contributed by atoms with Crippen LogP contribution in [0, 0.1) is 5.82 Å². The van der Waals surface area contributed by atoms with Crippen molar-refractivity contribution in [3.63, 3.8) is 0 Å². The molecule has 0 radical (unpaired) electrons. The number of hydrazine groups is 1. The summed E-state index contributed by atoms with van der Waals surface area (Å²) in [5, 5.41) is 0. The fraction of sp³-hybridized carbons (Fsp3) is 0.455. The monoisotopic (exact) mass is 212 g/mol. The smallest absolute Gasteiger partial charge is 0.123 e. The number of benzene rings is 1. The summed E-state index contributed by atoms with van der Waals surface area (Å²) < 4.78 is 17.6. The quantitative estimate of drug-likeness (QED) is 0.551. The van der Waals surface area contributed by atoms with Crippen LogP contribution in [-0.2, 0) is 11.2 Å². The second-order valence-electron chi connectivity index (χ2n) is 3.48. The summed E-state index contributed by atoms with van der Waals surface area (Å²) in [5.41, 5.74) is 3.79. The SMILES string of the molecule is COCCC(Cc1ccc(F)cc1)NN. The molecule has 1 aromatic rings. The number of nitrogens with two attached hydrogens (primary N) is 1. The summed E-state index contributed by atoms with van der Waals surface area (Å²) in [6.45, 7) is 0.663. The van der Waals surface area contributed by atoms with Crippen molar-refractivity contribution < 1.29 is 9.13 Å². The molecule has 0 fully saturated rings. The molecule has 15 heavy (non-hydrogen) atoms. The van der Waals surface area contributed by atoms with Crippen LogP contribution in [-0.4, -0.2) is 19.8 Å². The van der Waals surface area contributed by atoms with Gasteiger partial charge < -0.3 is 4.74 Å². The highest BCUT2D eigenvalue weighted by atomic mass is 19.1. The Labute approximate surface area is 89.4 Å². The third kappa shape index (κ3) is 4.38. The van der Waals surface area contributed by atoms with Crippen LogP contribution in [0.15, 0.2) is 24.3 Å². The maximum atomic E-state index is 12.6. The molecule has 1 rings (SSSR count). The number of nitrogens with one attached hydrogen (secondary N) is 1. The second kappa shape index (κ2) is 6.50. The number of methoxy groups -OCH3 is 1. The Morgan fingerprint density at radius 2 is 2.07 bits per heavy atom. The van der Waals surface area contributed by atoms with Gasteiger partial charge in [-0.1, -0.05) is 12.1 Å². The normalized spacial score (nSPS) is 12.7. The lowest BCUT2D eigenvalue weighted by Gasteiger charge is -2.15. The molecule has 3 nitrogen and oxygen atoms in total. The van der Waals surface area contributed by atoms with Gasteiger partial charge in [-0.2, -0.15) is 0 Å². The van der Waals surface area contributed by atoms with Gasteiger partial charge in [-0.05, 0) is 30.5 Å². The summed E-state index contributed by atoms with van der Waals surface area (Å²) in [4.78, 5) is 0. The first kappa shape index (κ1) is 12.1. The predicted molar refractivity (Wildman–Crippen MR) is 57.7 cm³/mol. The van der Waals surface area contributed by atoms with E-state index in [0.29, 0.717) is 6.61 Å². The fourth-order valence-corrected chi connectivity index (χ4v) is 1.41. The van der Waals surface area contributed by atoms with Gasteiger partial charge in [0.25, 0.3) is 0 Å². The molecule has 0 saturated carbocycles. The Morgan fingerprint density at radius 3 is 2.60 bits per heavy atom. The Balaban J connectivity index is 2.47. The largest absolute Gasteiger partial charge is 0.385 e. The highest BCUT2D eigenvalue weighted by Gasteiger charge is 2.07. The van der Waals surface area contributed by atoms with Crippen LogP contribution in [0.5, 0.6) is 0 Å². The van der Waals surface area contributed by atoms with Crippen LogP contribution in [0.3, 0.4) is 0 Å². The van der Waals surface area contributed by atoms with E-state index in [1.165, 1.54) is 12.1 Å². The zero-order chi connectivity index (χ0) is 11.1. The molecule has 0 aliphatic carbocycles. The molecule has 0 saturated heterocycles. The van der Waals surface area contributed by atoms with Gasteiger partial charge in [-0.3, -0.25) is 11.3 Å². The highest BCUT2D eigenvalue weighted by Crippen LogP contribution is 2.07. The summed E-state index contributed by atoms with van der Waals surface area (Å²) in [5.74, 6) is 5.20. The van der Waals surface area contributed by atoms with E-state index in [4.69, 9.17) is 10.6 Å². The Kier molecular flexibility index (Phi) is 5.25. The van der Waals surface area contributed by atoms with E-state index in [-0.39, 0.29) is 11.9 Å². The standard InChI is InChI=1S/C11H17FN2O/c1-15-7-6-11(14-13)8-9-2-4-10(12)5-3-9/h2-5,11,14H,6-8,13H2,1H3. The minimum atomic E-state index is -0.215. The molecule has 1 atom stereocenters. The molecule has 1 aromatic carbocycles. The molecule has 0 heterocycles. The number of ether oxygens (including phenoxy) is 1. The topological polar surface area (TPSA) is 47.3 Å². The van der Waals surface area contributed by atoms with Crippen LogP contribution in [0.25, 0.3) is 0 Å². The molecule has 0 spiro atoms. The number of hydrogen-bond donors (Lipinski definition) is 2. The minimum Gasteiger partial charge on any atom is -0.385 e. The number of rotatable bonds is 6. The zero-order valence-electron chi connectivity index (χ0n) is 8.87. The molecular formula is C11H17FN2O. The third-order valence-electron chi connectivity index (χ3n) is 2.30. The number of halogens is 1. The molecule has 84 valence electrons. The summed E-state index contributed by atoms with van der Waals surface area (Å²) in [7, 11) is 1.66. The average molecular weight is 212 g/mol. The maximum absolute atomic E-state index is 12.6. The van der Waals surface area contributed by atoms with Gasteiger partial charge in [0.2, 0.25) is 0 Å². The van der Waals surface area contributed by atoms with E-state index in [9.17, 15) is 4.39 Å². The summed E-state index contributed by atoms with van der Waals surface area (Å²) in [6.07, 6.45) is 1.62. The minimum absolute atomic E-state index is 0.162. The van der Waals surface area contributed by atoms with Gasteiger partial charge >= 0.3 is 0 Å². The third-order valence-corrected chi connectivity index (χ3v) is 2.30. The average Bonchev–Trinajstić information content (AvgIpc) is 2.27. The molecule has 4 heteroatoms. The van der Waals surface area contributed by atoms with Crippen molar-refractivity contribution >= 4 is 0 Å². The van der Waals surface area contributed by atoms with E-state index in [1.54, 1.807) is 19.2 Å². The molecule has 0 amide bonds. The first-order chi connectivity index (χ1) is 7.26. The first-order valence-electron chi connectivity index (χ1n) is 4.95. The second-order valence-corrected chi connectivity index (χ2v) is 3.48. The Bertz CT molecular complexity index is 276. The van der Waals surface area contributed by atoms with E-state index in [0.717, 1.165) is 18.4 Å². The first-order valence-corrected chi connectivity index (χ1v) is 4.95. The zero-order valence-corrected chi connectivity index (χ0v) is 8.87. The van der Waals surface area contributed by atoms with Crippen molar-refractivity contribution in [3.8, 4) is 0 Å². The maximum Gasteiger partial charge on any atom is 0.123 e. The van der Waals surface area contributed by atoms with Crippen LogP contribution in [0.2, 0.25) is 0 Å². The van der Waals surface area contributed by atoms with E-state index >= 15 is 0 Å². The van der Waals surface area contributed by atoms with Gasteiger partial charge in [-0.25, -0.2) is 4.39 Å². The van der Waals surface area contributed by atoms with Crippen molar-refractivity contribution in [2.24, 2.45) is 5.84 Å². The van der Waals surface area contributed by atoms with Gasteiger partial charge in [-0.15, -0.1) is 0 Å². The molecule has 1 unspecified atom stereocenters. The van der Waals surface area contributed by atoms with Crippen molar-refractivity contribution in [1.82, 2.24) is 5.43 Å². The van der Waals surface area contributed by atoms with Crippen LogP contribution in [0.4, 0.5) is 4.39 Å². The van der Waals surface area contributed by atoms with Crippen molar-refractivity contribution in [3.05, 3.63) is 35.6 Å². The molecular weight excluding hydrogens is 195 g/mol. The lowest BCUT2D eigenvalue weighted by Crippen LogP contribution is -2.37. The summed E-state index contributed by atoms with van der Waals surface area (Å²) >= 11 is 0. The lowest BCUT2D eigenvalue weighted by atomic mass is 10.0. The molecule has 0 aromatic heterocycles. The Morgan fingerprint density at radius 1 is 1.40 bits per heavy atom. The van der Waals surface area contributed by atoms with Gasteiger partial charge in [0, 0.05) is 19.8 Å². The molecule has 0 aliphatic heterocycles. The van der Waals surface area contributed by atoms with Crippen LogP contribution < -0.4 is 11.3 Å². The van der Waals surface area contributed by atoms with E-state index < -0.39 is 0 Å². The van der Waals surface area contributed by atoms with E-state index in [1.807, 2.05) is 0 Å². The van der Waals surface area contributed by atoms with E-state index in [2.05, 4.69) is 5.43 Å². The van der Waals surface area contributed by atoms with Gasteiger partial charge in [0.05, 0.1) is 0 Å². The summed E-state index contributed by atoms with van der Waals surface area (Å²) in [6, 6.07) is 6.62. The van der Waals surface area contributed by atoms with Crippen molar-refractivity contribution in [1.29, 1.82) is 0 Å². The Hall–Kier alpha value is -0.970. The lowest BCUT2D eigenvalue weighted by molar-refractivity contribution is 0.182. The predicted octanol–water partition coefficient (Wildman–Crippen LogP) is 1.24. The molecule has 3 N–H and O–H groups in total. The van der Waals surface area contributed by atoms with Crippen molar-refractivity contribution in [2.45, 2.75) is 18.9 Å². The molecule has 0 bridgehead atoms. The molecule has 0 aliphatic rings. The highest BCUT2D eigenvalue weighted by molar-refractivity contribution is 5.17. The van der Waals surface area contributed by atoms with Gasteiger partial charge in [0.15, 0.2) is 0 Å². The number of hydrogen-bond acceptors (Lipinski definition) is 3. The van der Waals surface area contributed by atoms with Crippen LogP contribution >= 0.6 is 0 Å². The van der Waals surface area contributed by atoms with Gasteiger partial charge in [0.1, 0.15) is 5.82 Å². The fourth-order valence-electron chi connectivity index (χ4n) is 1.41.